The summed E-state index contributed by atoms with van der Waals surface area (Å²) in [5.74, 6) is 0.836. The molecule has 0 spiro atoms. The van der Waals surface area contributed by atoms with E-state index in [1.54, 1.807) is 37.2 Å². The molecule has 0 saturated heterocycles. The normalized spacial score (nSPS) is 10.7. The number of ether oxygens (including phenoxy) is 2. The van der Waals surface area contributed by atoms with Crippen molar-refractivity contribution in [1.29, 1.82) is 0 Å². The summed E-state index contributed by atoms with van der Waals surface area (Å²) in [6, 6.07) is 19.3. The molecule has 0 atom stereocenters. The molecule has 0 N–H and O–H groups in total. The van der Waals surface area contributed by atoms with Crippen LogP contribution in [0.5, 0.6) is 11.5 Å². The highest BCUT2D eigenvalue weighted by molar-refractivity contribution is 6.32. The average molecular weight is 435 g/mol. The van der Waals surface area contributed by atoms with Crippen LogP contribution in [0.15, 0.2) is 79.5 Å². The number of rotatable bonds is 6. The molecule has 0 fully saturated rings. The maximum Gasteiger partial charge on any atom is 0.131 e. The van der Waals surface area contributed by atoms with E-state index in [0.29, 0.717) is 27.7 Å². The van der Waals surface area contributed by atoms with Crippen molar-refractivity contribution in [1.82, 2.24) is 9.78 Å². The number of aromatic nitrogens is 2. The Kier molecular flexibility index (Phi) is 5.78. The molecule has 0 bridgehead atoms. The van der Waals surface area contributed by atoms with Crippen LogP contribution in [0.2, 0.25) is 5.02 Å². The van der Waals surface area contributed by atoms with Gasteiger partial charge in [0.05, 0.1) is 36.8 Å². The minimum Gasteiger partial charge on any atom is -0.496 e. The first-order valence-electron chi connectivity index (χ1n) is 9.54. The van der Waals surface area contributed by atoms with Crippen LogP contribution < -0.4 is 9.47 Å². The van der Waals surface area contributed by atoms with E-state index >= 15 is 0 Å². The molecule has 1 aromatic heterocycles. The molecule has 0 aliphatic heterocycles. The standard InChI is InChI=1S/C25H20ClFN2O2/c1-16(17-7-6-8-18(27)13-17)19-14-20(25(31-3)15-24(19)30-2)22-11-12-28-29(22)23-10-5-4-9-21(23)26/h4-15H,1H2,2-3H3. The van der Waals surface area contributed by atoms with Crippen molar-refractivity contribution in [3.8, 4) is 28.4 Å². The SMILES string of the molecule is C=C(c1cccc(F)c1)c1cc(-c2ccnn2-c2ccccc2Cl)c(OC)cc1OC. The van der Waals surface area contributed by atoms with Gasteiger partial charge in [-0.15, -0.1) is 0 Å². The number of benzene rings is 3. The lowest BCUT2D eigenvalue weighted by Crippen LogP contribution is -2.02. The van der Waals surface area contributed by atoms with E-state index in [9.17, 15) is 4.39 Å². The quantitative estimate of drug-likeness (QED) is 0.352. The highest BCUT2D eigenvalue weighted by atomic mass is 35.5. The van der Waals surface area contributed by atoms with E-state index in [0.717, 1.165) is 22.5 Å². The summed E-state index contributed by atoms with van der Waals surface area (Å²) >= 11 is 6.41. The molecule has 3 aromatic carbocycles. The Morgan fingerprint density at radius 3 is 2.45 bits per heavy atom. The van der Waals surface area contributed by atoms with Gasteiger partial charge in [-0.1, -0.05) is 42.4 Å². The van der Waals surface area contributed by atoms with Gasteiger partial charge in [-0.25, -0.2) is 9.07 Å². The Hall–Kier alpha value is -3.57. The number of para-hydroxylation sites is 1. The first-order valence-corrected chi connectivity index (χ1v) is 9.92. The third kappa shape index (κ3) is 3.92. The summed E-state index contributed by atoms with van der Waals surface area (Å²) < 4.78 is 26.8. The van der Waals surface area contributed by atoms with Gasteiger partial charge in [-0.3, -0.25) is 0 Å². The van der Waals surface area contributed by atoms with Gasteiger partial charge in [0.1, 0.15) is 17.3 Å². The predicted molar refractivity (Wildman–Crippen MR) is 122 cm³/mol. The molecule has 0 amide bonds. The summed E-state index contributed by atoms with van der Waals surface area (Å²) in [7, 11) is 3.17. The lowest BCUT2D eigenvalue weighted by atomic mass is 9.95. The van der Waals surface area contributed by atoms with Crippen molar-refractivity contribution >= 4 is 17.2 Å². The third-order valence-corrected chi connectivity index (χ3v) is 5.34. The lowest BCUT2D eigenvalue weighted by molar-refractivity contribution is 0.394. The van der Waals surface area contributed by atoms with Crippen LogP contribution in [0, 0.1) is 5.82 Å². The fourth-order valence-corrected chi connectivity index (χ4v) is 3.71. The molecular formula is C25H20ClFN2O2. The van der Waals surface area contributed by atoms with E-state index in [1.165, 1.54) is 12.1 Å². The van der Waals surface area contributed by atoms with Crippen LogP contribution in [0.3, 0.4) is 0 Å². The Morgan fingerprint density at radius 2 is 1.74 bits per heavy atom. The Bertz CT molecular complexity index is 1270. The number of methoxy groups -OCH3 is 2. The van der Waals surface area contributed by atoms with Crippen molar-refractivity contribution in [3.63, 3.8) is 0 Å². The summed E-state index contributed by atoms with van der Waals surface area (Å²) in [6.45, 7) is 4.19. The fraction of sp³-hybridized carbons (Fsp3) is 0.0800. The van der Waals surface area contributed by atoms with Gasteiger partial charge in [-0.2, -0.15) is 5.10 Å². The van der Waals surface area contributed by atoms with Crippen LogP contribution in [-0.2, 0) is 0 Å². The minimum atomic E-state index is -0.330. The number of nitrogens with zero attached hydrogens (tertiary/aromatic N) is 2. The van der Waals surface area contributed by atoms with E-state index in [4.69, 9.17) is 21.1 Å². The van der Waals surface area contributed by atoms with E-state index in [1.807, 2.05) is 42.5 Å². The molecule has 0 saturated carbocycles. The number of hydrogen-bond donors (Lipinski definition) is 0. The molecule has 6 heteroatoms. The maximum atomic E-state index is 13.8. The van der Waals surface area contributed by atoms with Gasteiger partial charge in [-0.05, 0) is 47.5 Å². The molecule has 31 heavy (non-hydrogen) atoms. The van der Waals surface area contributed by atoms with Crippen molar-refractivity contribution in [2.75, 3.05) is 14.2 Å². The molecule has 4 aromatic rings. The molecule has 0 unspecified atom stereocenters. The van der Waals surface area contributed by atoms with Gasteiger partial charge < -0.3 is 9.47 Å². The van der Waals surface area contributed by atoms with Crippen molar-refractivity contribution in [3.05, 3.63) is 101 Å². The summed E-state index contributed by atoms with van der Waals surface area (Å²) in [5.41, 5.74) is 4.30. The van der Waals surface area contributed by atoms with Gasteiger partial charge >= 0.3 is 0 Å². The number of halogens is 2. The van der Waals surface area contributed by atoms with Gasteiger partial charge in [0, 0.05) is 17.2 Å². The topological polar surface area (TPSA) is 36.3 Å². The van der Waals surface area contributed by atoms with E-state index in [-0.39, 0.29) is 5.82 Å². The van der Waals surface area contributed by atoms with Crippen LogP contribution >= 0.6 is 11.6 Å². The monoisotopic (exact) mass is 434 g/mol. The van der Waals surface area contributed by atoms with Crippen LogP contribution in [0.25, 0.3) is 22.5 Å². The summed E-state index contributed by atoms with van der Waals surface area (Å²) in [6.07, 6.45) is 1.70. The van der Waals surface area contributed by atoms with Gasteiger partial charge in [0.15, 0.2) is 0 Å². The molecule has 1 heterocycles. The summed E-state index contributed by atoms with van der Waals surface area (Å²) in [5, 5.41) is 5.03. The molecule has 0 radical (unpaired) electrons. The Morgan fingerprint density at radius 1 is 0.968 bits per heavy atom. The molecule has 4 rings (SSSR count). The smallest absolute Gasteiger partial charge is 0.131 e. The van der Waals surface area contributed by atoms with Crippen LogP contribution in [0.1, 0.15) is 11.1 Å². The molecule has 0 aliphatic rings. The zero-order valence-corrected chi connectivity index (χ0v) is 17.9. The second kappa shape index (κ2) is 8.66. The second-order valence-corrected chi connectivity index (χ2v) is 7.23. The minimum absolute atomic E-state index is 0.330. The zero-order chi connectivity index (χ0) is 22.0. The zero-order valence-electron chi connectivity index (χ0n) is 17.1. The average Bonchev–Trinajstić information content (AvgIpc) is 3.27. The van der Waals surface area contributed by atoms with Crippen LogP contribution in [-0.4, -0.2) is 24.0 Å². The summed E-state index contributed by atoms with van der Waals surface area (Å²) in [4.78, 5) is 0. The Labute approximate surface area is 185 Å². The molecule has 4 nitrogen and oxygen atoms in total. The highest BCUT2D eigenvalue weighted by Gasteiger charge is 2.19. The largest absolute Gasteiger partial charge is 0.496 e. The lowest BCUT2D eigenvalue weighted by Gasteiger charge is -2.18. The van der Waals surface area contributed by atoms with Gasteiger partial charge in [0.25, 0.3) is 0 Å². The molecule has 0 aliphatic carbocycles. The van der Waals surface area contributed by atoms with E-state index in [2.05, 4.69) is 11.7 Å². The van der Waals surface area contributed by atoms with E-state index < -0.39 is 0 Å². The van der Waals surface area contributed by atoms with Crippen LogP contribution in [0.4, 0.5) is 4.39 Å². The third-order valence-electron chi connectivity index (χ3n) is 5.02. The fourth-order valence-electron chi connectivity index (χ4n) is 3.49. The van der Waals surface area contributed by atoms with Crippen molar-refractivity contribution in [2.24, 2.45) is 0 Å². The predicted octanol–water partition coefficient (Wildman–Crippen LogP) is 6.41. The first kappa shape index (κ1) is 20.7. The second-order valence-electron chi connectivity index (χ2n) is 6.82. The maximum absolute atomic E-state index is 13.8. The number of hydrogen-bond acceptors (Lipinski definition) is 3. The first-order chi connectivity index (χ1) is 15.0. The Balaban J connectivity index is 1.91. The van der Waals surface area contributed by atoms with Crippen molar-refractivity contribution in [2.45, 2.75) is 0 Å². The molecular weight excluding hydrogens is 415 g/mol. The van der Waals surface area contributed by atoms with Gasteiger partial charge in [0.2, 0.25) is 0 Å². The van der Waals surface area contributed by atoms with Crippen molar-refractivity contribution < 1.29 is 13.9 Å². The molecule has 156 valence electrons. The highest BCUT2D eigenvalue weighted by Crippen LogP contribution is 2.41.